The van der Waals surface area contributed by atoms with Crippen molar-refractivity contribution >= 4 is 17.7 Å². The van der Waals surface area contributed by atoms with Crippen LogP contribution >= 0.6 is 0 Å². The predicted molar refractivity (Wildman–Crippen MR) is 144 cm³/mol. The number of nitrogens with one attached hydrogen (secondary N) is 2. The van der Waals surface area contributed by atoms with Gasteiger partial charge in [0.2, 0.25) is 5.91 Å². The molecule has 0 radical (unpaired) electrons. The summed E-state index contributed by atoms with van der Waals surface area (Å²) in [5.74, 6) is -0.836. The molecule has 0 unspecified atom stereocenters. The van der Waals surface area contributed by atoms with E-state index in [0.29, 0.717) is 50.4 Å². The Kier molecular flexibility index (Phi) is 7.63. The first-order valence-electron chi connectivity index (χ1n) is 13.4. The average molecular weight is 533 g/mol. The van der Waals surface area contributed by atoms with Crippen molar-refractivity contribution in [2.75, 3.05) is 19.6 Å². The molecule has 204 valence electrons. The number of halogens is 1. The first-order chi connectivity index (χ1) is 18.9. The number of hydrogen-bond donors (Lipinski definition) is 2. The molecule has 0 aliphatic carbocycles. The van der Waals surface area contributed by atoms with E-state index in [-0.39, 0.29) is 42.0 Å². The molecule has 0 spiro atoms. The Morgan fingerprint density at radius 2 is 1.87 bits per heavy atom. The smallest absolute Gasteiger partial charge is 0.274 e. The van der Waals surface area contributed by atoms with Gasteiger partial charge in [0.25, 0.3) is 11.8 Å². The van der Waals surface area contributed by atoms with Crippen molar-refractivity contribution in [2.24, 2.45) is 0 Å². The maximum Gasteiger partial charge on any atom is 0.274 e. The molecule has 10 heteroatoms. The lowest BCUT2D eigenvalue weighted by Gasteiger charge is -2.34. The summed E-state index contributed by atoms with van der Waals surface area (Å²) in [4.78, 5) is 45.4. The molecule has 1 atom stereocenters. The van der Waals surface area contributed by atoms with Crippen LogP contribution in [0.4, 0.5) is 4.39 Å². The maximum absolute atomic E-state index is 13.9. The first kappa shape index (κ1) is 26.4. The van der Waals surface area contributed by atoms with Crippen LogP contribution in [-0.4, -0.2) is 68.0 Å². The van der Waals surface area contributed by atoms with E-state index in [9.17, 15) is 18.8 Å². The van der Waals surface area contributed by atoms with E-state index in [4.69, 9.17) is 5.10 Å². The standard InChI is InChI=1S/C29H33FN6O3/c1-3-20-17-35(28(38)24-6-5-13-31-24)18-23-26(29(39)34-14-11-22(12-15-34)32-25(37)4-2)33-36(27(20)23)16-19-7-9-21(30)10-8-19/h4-10,13,20,22,31H,2-3,11-12,14-18H2,1H3,(H,32,37)/t20-/m1/s1. The average Bonchev–Trinajstić information content (AvgIpc) is 3.62. The van der Waals surface area contributed by atoms with Crippen molar-refractivity contribution in [3.63, 3.8) is 0 Å². The lowest BCUT2D eigenvalue weighted by Crippen LogP contribution is -2.46. The predicted octanol–water partition coefficient (Wildman–Crippen LogP) is 3.46. The molecule has 39 heavy (non-hydrogen) atoms. The summed E-state index contributed by atoms with van der Waals surface area (Å²) in [7, 11) is 0. The number of aromatic nitrogens is 3. The van der Waals surface area contributed by atoms with Gasteiger partial charge in [0.05, 0.1) is 13.1 Å². The number of nitrogens with zero attached hydrogens (tertiary/aromatic N) is 4. The number of benzene rings is 1. The van der Waals surface area contributed by atoms with Crippen LogP contribution in [0, 0.1) is 5.82 Å². The van der Waals surface area contributed by atoms with Crippen molar-refractivity contribution in [3.8, 4) is 0 Å². The van der Waals surface area contributed by atoms with E-state index in [2.05, 4.69) is 23.8 Å². The minimum atomic E-state index is -0.310. The maximum atomic E-state index is 13.9. The second kappa shape index (κ2) is 11.3. The molecule has 0 bridgehead atoms. The molecule has 0 saturated carbocycles. The van der Waals surface area contributed by atoms with Crippen LogP contribution in [0.2, 0.25) is 0 Å². The second-order valence-electron chi connectivity index (χ2n) is 10.2. The van der Waals surface area contributed by atoms with Gasteiger partial charge in [0.1, 0.15) is 11.5 Å². The highest BCUT2D eigenvalue weighted by molar-refractivity contribution is 5.96. The number of carbonyl (C=O) groups is 3. The number of aromatic amines is 1. The fourth-order valence-electron chi connectivity index (χ4n) is 5.54. The lowest BCUT2D eigenvalue weighted by molar-refractivity contribution is -0.117. The molecular formula is C29H33FN6O3. The van der Waals surface area contributed by atoms with Crippen LogP contribution in [0.15, 0.2) is 55.3 Å². The quantitative estimate of drug-likeness (QED) is 0.455. The molecule has 9 nitrogen and oxygen atoms in total. The van der Waals surface area contributed by atoms with Crippen LogP contribution < -0.4 is 5.32 Å². The molecule has 4 heterocycles. The Labute approximate surface area is 226 Å². The molecule has 1 fully saturated rings. The fourth-order valence-corrected chi connectivity index (χ4v) is 5.54. The Balaban J connectivity index is 1.46. The molecule has 1 aromatic carbocycles. The van der Waals surface area contributed by atoms with Gasteiger partial charge < -0.3 is 20.1 Å². The molecule has 5 rings (SSSR count). The molecule has 2 aliphatic heterocycles. The Morgan fingerprint density at radius 1 is 1.13 bits per heavy atom. The molecule has 2 aromatic heterocycles. The molecule has 2 N–H and O–H groups in total. The van der Waals surface area contributed by atoms with Crippen LogP contribution in [0.5, 0.6) is 0 Å². The number of amides is 3. The zero-order chi connectivity index (χ0) is 27.5. The number of hydrogen-bond acceptors (Lipinski definition) is 4. The van der Waals surface area contributed by atoms with Crippen molar-refractivity contribution in [1.29, 1.82) is 0 Å². The van der Waals surface area contributed by atoms with Crippen LogP contribution in [0.3, 0.4) is 0 Å². The van der Waals surface area contributed by atoms with Gasteiger partial charge in [-0.05, 0) is 55.2 Å². The van der Waals surface area contributed by atoms with Gasteiger partial charge in [-0.25, -0.2) is 4.39 Å². The molecule has 3 aromatic rings. The van der Waals surface area contributed by atoms with E-state index >= 15 is 0 Å². The first-order valence-corrected chi connectivity index (χ1v) is 13.4. The van der Waals surface area contributed by atoms with E-state index in [1.54, 1.807) is 40.3 Å². The Bertz CT molecular complexity index is 1360. The highest BCUT2D eigenvalue weighted by Crippen LogP contribution is 2.35. The largest absolute Gasteiger partial charge is 0.357 e. The summed E-state index contributed by atoms with van der Waals surface area (Å²) in [5, 5.41) is 7.73. The fraction of sp³-hybridized carbons (Fsp3) is 0.379. The minimum Gasteiger partial charge on any atom is -0.357 e. The minimum absolute atomic E-state index is 0.0112. The third kappa shape index (κ3) is 5.50. The normalized spacial score (nSPS) is 17.5. The topological polar surface area (TPSA) is 103 Å². The van der Waals surface area contributed by atoms with Crippen LogP contribution in [-0.2, 0) is 17.9 Å². The van der Waals surface area contributed by atoms with E-state index in [1.165, 1.54) is 18.2 Å². The zero-order valence-electron chi connectivity index (χ0n) is 22.0. The number of rotatable bonds is 7. The molecular weight excluding hydrogens is 499 g/mol. The van der Waals surface area contributed by atoms with E-state index in [0.717, 1.165) is 23.2 Å². The highest BCUT2D eigenvalue weighted by atomic mass is 19.1. The number of H-pyrrole nitrogens is 1. The summed E-state index contributed by atoms with van der Waals surface area (Å²) in [5.41, 5.74) is 3.45. The van der Waals surface area contributed by atoms with Gasteiger partial charge in [-0.3, -0.25) is 19.1 Å². The molecule has 3 amide bonds. The summed E-state index contributed by atoms with van der Waals surface area (Å²) >= 11 is 0. The third-order valence-electron chi connectivity index (χ3n) is 7.64. The van der Waals surface area contributed by atoms with Gasteiger partial charge in [-0.2, -0.15) is 5.10 Å². The summed E-state index contributed by atoms with van der Waals surface area (Å²) in [6, 6.07) is 9.80. The van der Waals surface area contributed by atoms with Gasteiger partial charge in [0.15, 0.2) is 5.69 Å². The summed E-state index contributed by atoms with van der Waals surface area (Å²) in [6.07, 6.45) is 5.01. The lowest BCUT2D eigenvalue weighted by atomic mass is 9.91. The van der Waals surface area contributed by atoms with Gasteiger partial charge in [0, 0.05) is 49.0 Å². The third-order valence-corrected chi connectivity index (χ3v) is 7.64. The monoisotopic (exact) mass is 532 g/mol. The van der Waals surface area contributed by atoms with Crippen LogP contribution in [0.25, 0.3) is 0 Å². The number of carbonyl (C=O) groups excluding carboxylic acids is 3. The van der Waals surface area contributed by atoms with Gasteiger partial charge >= 0.3 is 0 Å². The van der Waals surface area contributed by atoms with Crippen molar-refractivity contribution < 1.29 is 18.8 Å². The molecule has 1 saturated heterocycles. The van der Waals surface area contributed by atoms with Crippen molar-refractivity contribution in [2.45, 2.75) is 51.2 Å². The van der Waals surface area contributed by atoms with Crippen LogP contribution in [0.1, 0.15) is 69.9 Å². The number of piperidine rings is 1. The molecule has 2 aliphatic rings. The van der Waals surface area contributed by atoms with E-state index in [1.807, 2.05) is 4.68 Å². The van der Waals surface area contributed by atoms with E-state index < -0.39 is 0 Å². The summed E-state index contributed by atoms with van der Waals surface area (Å²) in [6.45, 7) is 7.73. The van der Waals surface area contributed by atoms with Crippen molar-refractivity contribution in [3.05, 3.63) is 89.3 Å². The number of likely N-dealkylation sites (tertiary alicyclic amines) is 1. The SMILES string of the molecule is C=CC(=O)NC1CCN(C(=O)c2nn(Cc3ccc(F)cc3)c3c2CN(C(=O)c2ccc[nH]2)C[C@H]3CC)CC1. The Hall–Kier alpha value is -4.21. The number of fused-ring (bicyclic) bond motifs is 1. The summed E-state index contributed by atoms with van der Waals surface area (Å²) < 4.78 is 15.4. The van der Waals surface area contributed by atoms with Gasteiger partial charge in [-0.1, -0.05) is 25.6 Å². The second-order valence-corrected chi connectivity index (χ2v) is 10.2. The van der Waals surface area contributed by atoms with Gasteiger partial charge in [-0.15, -0.1) is 0 Å². The van der Waals surface area contributed by atoms with Crippen molar-refractivity contribution in [1.82, 2.24) is 29.9 Å². The zero-order valence-corrected chi connectivity index (χ0v) is 22.0. The highest BCUT2D eigenvalue weighted by Gasteiger charge is 2.37. The Morgan fingerprint density at radius 3 is 2.51 bits per heavy atom.